The van der Waals surface area contributed by atoms with Gasteiger partial charge >= 0.3 is 11.9 Å². The van der Waals surface area contributed by atoms with Crippen LogP contribution in [-0.4, -0.2) is 36.4 Å². The first kappa shape index (κ1) is 49.6. The quantitative estimate of drug-likeness (QED) is 0.0388. The maximum atomic E-state index is 12.0. The summed E-state index contributed by atoms with van der Waals surface area (Å²) >= 11 is 0. The minimum Gasteiger partial charge on any atom is -0.463 e. The Kier molecular flexibility index (Phi) is 41.0. The van der Waals surface area contributed by atoms with Crippen LogP contribution < -0.4 is 0 Å². The van der Waals surface area contributed by atoms with E-state index in [2.05, 4.69) is 74.6 Å². The lowest BCUT2D eigenvalue weighted by Gasteiger charge is -2.12. The van der Waals surface area contributed by atoms with Crippen molar-refractivity contribution in [3.8, 4) is 0 Å². The van der Waals surface area contributed by atoms with Gasteiger partial charge in [0, 0.05) is 12.8 Å². The van der Waals surface area contributed by atoms with Crippen molar-refractivity contribution in [2.24, 2.45) is 0 Å². The fourth-order valence-corrected chi connectivity index (χ4v) is 5.95. The Balaban J connectivity index is 3.46. The summed E-state index contributed by atoms with van der Waals surface area (Å²) in [6.45, 7) is 4.17. The van der Waals surface area contributed by atoms with Crippen LogP contribution in [0.2, 0.25) is 0 Å². The van der Waals surface area contributed by atoms with E-state index < -0.39 is 6.10 Å². The number of hydrogen-bond acceptors (Lipinski definition) is 5. The van der Waals surface area contributed by atoms with Crippen molar-refractivity contribution < 1.29 is 24.2 Å². The molecule has 5 nitrogen and oxygen atoms in total. The van der Waals surface area contributed by atoms with E-state index in [-0.39, 0.29) is 25.2 Å². The lowest BCUT2D eigenvalue weighted by Crippen LogP contribution is -2.25. The maximum absolute atomic E-state index is 12.0. The molecular formula is C47H82O5. The van der Waals surface area contributed by atoms with E-state index in [0.29, 0.717) is 12.8 Å². The Morgan fingerprint density at radius 1 is 0.423 bits per heavy atom. The number of unbranched alkanes of at least 4 members (excludes halogenated alkanes) is 21. The van der Waals surface area contributed by atoms with E-state index in [1.807, 2.05) is 0 Å². The van der Waals surface area contributed by atoms with Gasteiger partial charge in [0.1, 0.15) is 19.3 Å². The van der Waals surface area contributed by atoms with Gasteiger partial charge in [0.25, 0.3) is 0 Å². The highest BCUT2D eigenvalue weighted by Crippen LogP contribution is 2.14. The molecule has 0 saturated carbocycles. The van der Waals surface area contributed by atoms with Crippen molar-refractivity contribution in [1.82, 2.24) is 0 Å². The molecule has 5 heteroatoms. The Morgan fingerprint density at radius 2 is 0.731 bits per heavy atom. The van der Waals surface area contributed by atoms with E-state index >= 15 is 0 Å². The molecule has 0 saturated heterocycles. The van der Waals surface area contributed by atoms with Crippen LogP contribution in [0.15, 0.2) is 60.8 Å². The van der Waals surface area contributed by atoms with Crippen LogP contribution in [0.3, 0.4) is 0 Å². The summed E-state index contributed by atoms with van der Waals surface area (Å²) < 4.78 is 10.3. The highest BCUT2D eigenvalue weighted by molar-refractivity contribution is 5.69. The van der Waals surface area contributed by atoms with Gasteiger partial charge in [0.2, 0.25) is 0 Å². The van der Waals surface area contributed by atoms with E-state index in [0.717, 1.165) is 77.0 Å². The third kappa shape index (κ3) is 42.0. The van der Waals surface area contributed by atoms with Gasteiger partial charge in [0.15, 0.2) is 0 Å². The van der Waals surface area contributed by atoms with Crippen LogP contribution in [0.1, 0.15) is 206 Å². The van der Waals surface area contributed by atoms with Crippen LogP contribution in [0.25, 0.3) is 0 Å². The summed E-state index contributed by atoms with van der Waals surface area (Å²) in [7, 11) is 0. The van der Waals surface area contributed by atoms with Gasteiger partial charge in [0.05, 0.1) is 0 Å². The Bertz CT molecular complexity index is 915. The van der Waals surface area contributed by atoms with Crippen molar-refractivity contribution in [2.75, 3.05) is 13.2 Å². The van der Waals surface area contributed by atoms with Crippen molar-refractivity contribution in [2.45, 2.75) is 213 Å². The zero-order valence-corrected chi connectivity index (χ0v) is 34.1. The van der Waals surface area contributed by atoms with Crippen LogP contribution in [-0.2, 0) is 19.1 Å². The number of allylic oxidation sites excluding steroid dienone is 10. The molecule has 0 heterocycles. The van der Waals surface area contributed by atoms with Crippen molar-refractivity contribution in [1.29, 1.82) is 0 Å². The monoisotopic (exact) mass is 727 g/mol. The van der Waals surface area contributed by atoms with Gasteiger partial charge in [-0.15, -0.1) is 0 Å². The number of hydrogen-bond donors (Lipinski definition) is 1. The lowest BCUT2D eigenvalue weighted by atomic mass is 10.0. The number of aliphatic hydroxyl groups is 1. The number of rotatable bonds is 39. The van der Waals surface area contributed by atoms with E-state index in [1.54, 1.807) is 0 Å². The number of aliphatic hydroxyl groups excluding tert-OH is 1. The standard InChI is InChI=1S/C47H82O5/c1-3-5-7-9-11-13-15-17-19-21-22-23-24-26-28-30-32-34-36-38-40-42-47(50)52-44-45(48)43-51-46(49)41-39-37-35-33-31-29-27-25-20-18-16-14-12-10-8-6-4-2/h6,8,12,14,17-20,27,29,45,48H,3-5,7,9-11,13,15-16,21-26,28,30-44H2,1-2H3/b8-6-,14-12-,19-17-,20-18-,29-27-/t45-/m0/s1. The topological polar surface area (TPSA) is 72.8 Å². The zero-order valence-electron chi connectivity index (χ0n) is 34.1. The molecule has 1 atom stereocenters. The average molecular weight is 727 g/mol. The largest absolute Gasteiger partial charge is 0.463 e. The minimum absolute atomic E-state index is 0.126. The second-order valence-corrected chi connectivity index (χ2v) is 14.4. The van der Waals surface area contributed by atoms with Crippen LogP contribution in [0.4, 0.5) is 0 Å². The molecule has 52 heavy (non-hydrogen) atoms. The van der Waals surface area contributed by atoms with Gasteiger partial charge in [-0.05, 0) is 77.0 Å². The summed E-state index contributed by atoms with van der Waals surface area (Å²) in [6.07, 6.45) is 55.7. The number of esters is 2. The normalized spacial score (nSPS) is 12.8. The van der Waals surface area contributed by atoms with Crippen LogP contribution in [0.5, 0.6) is 0 Å². The lowest BCUT2D eigenvalue weighted by molar-refractivity contribution is -0.152. The van der Waals surface area contributed by atoms with Gasteiger partial charge in [-0.2, -0.15) is 0 Å². The highest BCUT2D eigenvalue weighted by Gasteiger charge is 2.12. The molecule has 0 fully saturated rings. The van der Waals surface area contributed by atoms with Gasteiger partial charge < -0.3 is 14.6 Å². The predicted octanol–water partition coefficient (Wildman–Crippen LogP) is 14.0. The Morgan fingerprint density at radius 3 is 1.12 bits per heavy atom. The molecule has 0 aromatic rings. The van der Waals surface area contributed by atoms with Gasteiger partial charge in [-0.25, -0.2) is 0 Å². The summed E-state index contributed by atoms with van der Waals surface area (Å²) in [5.41, 5.74) is 0. The molecule has 0 aliphatic heterocycles. The summed E-state index contributed by atoms with van der Waals surface area (Å²) in [6, 6.07) is 0. The molecule has 0 aliphatic carbocycles. The van der Waals surface area contributed by atoms with Crippen molar-refractivity contribution in [3.05, 3.63) is 60.8 Å². The molecule has 0 bridgehead atoms. The average Bonchev–Trinajstić information content (AvgIpc) is 3.15. The number of carbonyl (C=O) groups is 2. The van der Waals surface area contributed by atoms with E-state index in [1.165, 1.54) is 103 Å². The molecule has 0 radical (unpaired) electrons. The maximum Gasteiger partial charge on any atom is 0.305 e. The van der Waals surface area contributed by atoms with E-state index in [9.17, 15) is 14.7 Å². The summed E-state index contributed by atoms with van der Waals surface area (Å²) in [5, 5.41) is 10.0. The first-order chi connectivity index (χ1) is 25.6. The molecule has 1 N–H and O–H groups in total. The number of ether oxygens (including phenoxy) is 2. The van der Waals surface area contributed by atoms with Crippen LogP contribution >= 0.6 is 0 Å². The molecule has 0 rings (SSSR count). The highest BCUT2D eigenvalue weighted by atomic mass is 16.6. The van der Waals surface area contributed by atoms with Crippen molar-refractivity contribution in [3.63, 3.8) is 0 Å². The summed E-state index contributed by atoms with van der Waals surface area (Å²) in [4.78, 5) is 24.0. The van der Waals surface area contributed by atoms with Crippen LogP contribution in [0, 0.1) is 0 Å². The zero-order chi connectivity index (χ0) is 37.8. The van der Waals surface area contributed by atoms with Gasteiger partial charge in [-0.3, -0.25) is 9.59 Å². The molecule has 0 aromatic heterocycles. The molecule has 0 aromatic carbocycles. The fourth-order valence-electron chi connectivity index (χ4n) is 5.95. The molecule has 0 spiro atoms. The third-order valence-corrected chi connectivity index (χ3v) is 9.24. The second-order valence-electron chi connectivity index (χ2n) is 14.4. The predicted molar refractivity (Wildman–Crippen MR) is 223 cm³/mol. The molecule has 300 valence electrons. The molecule has 0 aliphatic rings. The molecular weight excluding hydrogens is 645 g/mol. The molecule has 0 unspecified atom stereocenters. The number of carbonyl (C=O) groups excluding carboxylic acids is 2. The third-order valence-electron chi connectivity index (χ3n) is 9.24. The second kappa shape index (κ2) is 43.0. The minimum atomic E-state index is -0.976. The Hall–Kier alpha value is -2.40. The SMILES string of the molecule is CC/C=C\C/C=C\C/C=C\C/C=C\CCCCCCC(=O)OC[C@H](O)COC(=O)CCCCCCCCCCCCC/C=C\CCCCCCCC. The fraction of sp³-hybridized carbons (Fsp3) is 0.745. The Labute approximate surface area is 321 Å². The van der Waals surface area contributed by atoms with E-state index in [4.69, 9.17) is 9.47 Å². The first-order valence-corrected chi connectivity index (χ1v) is 21.8. The molecule has 0 amide bonds. The van der Waals surface area contributed by atoms with Gasteiger partial charge in [-0.1, -0.05) is 177 Å². The smallest absolute Gasteiger partial charge is 0.305 e. The summed E-state index contributed by atoms with van der Waals surface area (Å²) in [5.74, 6) is -0.592. The van der Waals surface area contributed by atoms with Crippen molar-refractivity contribution >= 4 is 11.9 Å². The first-order valence-electron chi connectivity index (χ1n) is 21.8.